The minimum atomic E-state index is -0.596. The number of aliphatic hydroxyl groups excluding tert-OH is 1. The van der Waals surface area contributed by atoms with Crippen molar-refractivity contribution in [1.82, 2.24) is 0 Å². The molecule has 0 fully saturated rings. The first-order valence-electron chi connectivity index (χ1n) is 9.67. The smallest absolute Gasteiger partial charge is 0.309 e. The fourth-order valence-electron chi connectivity index (χ4n) is 2.97. The number of esters is 1. The van der Waals surface area contributed by atoms with E-state index in [0.29, 0.717) is 12.8 Å². The fraction of sp³-hybridized carbons (Fsp3) is 0.950. The van der Waals surface area contributed by atoms with Crippen LogP contribution in [0.1, 0.15) is 93.9 Å². The molecule has 0 bridgehead atoms. The quantitative estimate of drug-likeness (QED) is 0.290. The second-order valence-corrected chi connectivity index (χ2v) is 8.44. The molecule has 25 heavy (non-hydrogen) atoms. The number of ether oxygens (including phenoxy) is 1. The van der Waals surface area contributed by atoms with Gasteiger partial charge in [0.05, 0.1) is 12.0 Å². The van der Waals surface area contributed by atoms with Crippen molar-refractivity contribution in [3.63, 3.8) is 0 Å². The molecule has 0 aliphatic rings. The van der Waals surface area contributed by atoms with Crippen LogP contribution in [0.5, 0.6) is 0 Å². The van der Waals surface area contributed by atoms with Crippen LogP contribution in [0.4, 0.5) is 0 Å². The largest absolute Gasteiger partial charge is 0.462 e. The van der Waals surface area contributed by atoms with Gasteiger partial charge in [-0.15, -0.1) is 0 Å². The van der Waals surface area contributed by atoms with Gasteiger partial charge in [0.1, 0.15) is 17.3 Å². The molecule has 0 aromatic heterocycles. The number of hydrogen-bond acceptors (Lipinski definition) is 5. The molecule has 0 spiro atoms. The first-order valence-corrected chi connectivity index (χ1v) is 9.67. The van der Waals surface area contributed by atoms with Crippen molar-refractivity contribution in [1.29, 1.82) is 0 Å². The van der Waals surface area contributed by atoms with Crippen LogP contribution in [0.2, 0.25) is 0 Å². The lowest BCUT2D eigenvalue weighted by molar-refractivity contribution is -0.406. The molecule has 5 heteroatoms. The van der Waals surface area contributed by atoms with E-state index in [9.17, 15) is 9.90 Å². The molecule has 0 aromatic rings. The van der Waals surface area contributed by atoms with E-state index < -0.39 is 17.3 Å². The Hall–Kier alpha value is -0.650. The van der Waals surface area contributed by atoms with Gasteiger partial charge in [-0.3, -0.25) is 4.79 Å². The van der Waals surface area contributed by atoms with Crippen LogP contribution in [0.3, 0.4) is 0 Å². The predicted octanol–water partition coefficient (Wildman–Crippen LogP) is 4.80. The molecule has 1 N–H and O–H groups in total. The van der Waals surface area contributed by atoms with Gasteiger partial charge in [0.25, 0.3) is 0 Å². The highest BCUT2D eigenvalue weighted by molar-refractivity contribution is 5.72. The Kier molecular flexibility index (Phi) is 10.9. The van der Waals surface area contributed by atoms with Crippen molar-refractivity contribution in [2.24, 2.45) is 5.92 Å². The summed E-state index contributed by atoms with van der Waals surface area (Å²) in [6.07, 6.45) is 4.12. The number of rotatable bonds is 13. The zero-order valence-electron chi connectivity index (χ0n) is 17.6. The van der Waals surface area contributed by atoms with Gasteiger partial charge in [0.15, 0.2) is 0 Å². The molecule has 0 aliphatic heterocycles. The van der Waals surface area contributed by atoms with Gasteiger partial charge in [-0.1, -0.05) is 26.7 Å². The van der Waals surface area contributed by atoms with E-state index in [4.69, 9.17) is 14.5 Å². The van der Waals surface area contributed by atoms with Crippen LogP contribution in [-0.4, -0.2) is 34.5 Å². The van der Waals surface area contributed by atoms with Crippen molar-refractivity contribution in [3.8, 4) is 0 Å². The van der Waals surface area contributed by atoms with Crippen LogP contribution in [0, 0.1) is 5.92 Å². The molecule has 0 rings (SSSR count). The summed E-state index contributed by atoms with van der Waals surface area (Å²) >= 11 is 0. The Labute approximate surface area is 154 Å². The minimum absolute atomic E-state index is 0.0207. The first kappa shape index (κ1) is 24.4. The fourth-order valence-corrected chi connectivity index (χ4v) is 2.97. The molecule has 3 unspecified atom stereocenters. The highest BCUT2D eigenvalue weighted by Gasteiger charge is 2.31. The molecule has 3 atom stereocenters. The summed E-state index contributed by atoms with van der Waals surface area (Å²) in [6.45, 7) is 15.3. The van der Waals surface area contributed by atoms with Crippen molar-refractivity contribution in [2.75, 3.05) is 0 Å². The maximum Gasteiger partial charge on any atom is 0.309 e. The van der Waals surface area contributed by atoms with Gasteiger partial charge < -0.3 is 9.84 Å². The van der Waals surface area contributed by atoms with Gasteiger partial charge in [0, 0.05) is 12.8 Å². The molecule has 0 amide bonds. The molecular weight excluding hydrogens is 320 g/mol. The second-order valence-electron chi connectivity index (χ2n) is 8.44. The summed E-state index contributed by atoms with van der Waals surface area (Å²) in [5.74, 6) is -0.137. The molecular formula is C20H40O5. The van der Waals surface area contributed by atoms with Crippen molar-refractivity contribution >= 4 is 5.97 Å². The number of hydrogen-bond donors (Lipinski definition) is 1. The second kappa shape index (κ2) is 11.1. The summed E-state index contributed by atoms with van der Waals surface area (Å²) in [5, 5.41) is 9.51. The van der Waals surface area contributed by atoms with Crippen LogP contribution in [0.15, 0.2) is 0 Å². The summed E-state index contributed by atoms with van der Waals surface area (Å²) in [5.41, 5.74) is -1.18. The Bertz CT molecular complexity index is 376. The molecule has 0 heterocycles. The third-order valence-electron chi connectivity index (χ3n) is 4.11. The number of unbranched alkanes of at least 4 members (excludes halogenated alkanes) is 1. The SMILES string of the molecule is CCCCC(CC)C(=O)OC(C)CC(C)(C)OOC(C)(C)CC(C)O. The Morgan fingerprint density at radius 2 is 1.52 bits per heavy atom. The lowest BCUT2D eigenvalue weighted by Crippen LogP contribution is -2.37. The molecule has 0 aliphatic carbocycles. The van der Waals surface area contributed by atoms with E-state index >= 15 is 0 Å². The van der Waals surface area contributed by atoms with E-state index in [0.717, 1.165) is 25.7 Å². The lowest BCUT2D eigenvalue weighted by Gasteiger charge is -2.32. The number of carbonyl (C=O) groups excluding carboxylic acids is 1. The van der Waals surface area contributed by atoms with Crippen LogP contribution in [-0.2, 0) is 19.3 Å². The Balaban J connectivity index is 4.45. The van der Waals surface area contributed by atoms with Gasteiger partial charge in [-0.2, -0.15) is 0 Å². The average Bonchev–Trinajstić information content (AvgIpc) is 2.44. The van der Waals surface area contributed by atoms with E-state index in [-0.39, 0.29) is 18.0 Å². The summed E-state index contributed by atoms with van der Waals surface area (Å²) in [4.78, 5) is 23.4. The molecule has 0 aromatic carbocycles. The first-order chi connectivity index (χ1) is 11.4. The van der Waals surface area contributed by atoms with Gasteiger partial charge in [-0.25, -0.2) is 9.78 Å². The zero-order valence-corrected chi connectivity index (χ0v) is 17.6. The molecule has 0 saturated carbocycles. The third-order valence-corrected chi connectivity index (χ3v) is 4.11. The van der Waals surface area contributed by atoms with Crippen molar-refractivity contribution in [2.45, 2.75) is 117 Å². The maximum atomic E-state index is 12.3. The maximum absolute atomic E-state index is 12.3. The van der Waals surface area contributed by atoms with Gasteiger partial charge >= 0.3 is 5.97 Å². The lowest BCUT2D eigenvalue weighted by atomic mass is 9.98. The van der Waals surface area contributed by atoms with Crippen LogP contribution < -0.4 is 0 Å². The van der Waals surface area contributed by atoms with Crippen molar-refractivity contribution in [3.05, 3.63) is 0 Å². The van der Waals surface area contributed by atoms with E-state index in [1.807, 2.05) is 41.5 Å². The average molecular weight is 361 g/mol. The number of carbonyl (C=O) groups is 1. The Morgan fingerprint density at radius 1 is 1.00 bits per heavy atom. The van der Waals surface area contributed by atoms with E-state index in [1.54, 1.807) is 6.92 Å². The molecule has 5 nitrogen and oxygen atoms in total. The van der Waals surface area contributed by atoms with Crippen LogP contribution >= 0.6 is 0 Å². The normalized spacial score (nSPS) is 16.4. The van der Waals surface area contributed by atoms with E-state index in [1.165, 1.54) is 0 Å². The van der Waals surface area contributed by atoms with Gasteiger partial charge in [0.2, 0.25) is 0 Å². The van der Waals surface area contributed by atoms with E-state index in [2.05, 4.69) is 6.92 Å². The zero-order chi connectivity index (χ0) is 19.7. The topological polar surface area (TPSA) is 65.0 Å². The minimum Gasteiger partial charge on any atom is -0.462 e. The third kappa shape index (κ3) is 11.6. The van der Waals surface area contributed by atoms with Crippen molar-refractivity contribution < 1.29 is 24.4 Å². The standard InChI is InChI=1S/C20H40O5/c1-9-11-12-17(10-2)18(22)23-16(4)14-20(7,8)25-24-19(5,6)13-15(3)21/h15-17,21H,9-14H2,1-8H3. The summed E-state index contributed by atoms with van der Waals surface area (Å²) in [7, 11) is 0. The summed E-state index contributed by atoms with van der Waals surface area (Å²) in [6, 6.07) is 0. The number of aliphatic hydroxyl groups is 1. The highest BCUT2D eigenvalue weighted by atomic mass is 17.2. The molecule has 150 valence electrons. The monoisotopic (exact) mass is 360 g/mol. The highest BCUT2D eigenvalue weighted by Crippen LogP contribution is 2.25. The molecule has 0 radical (unpaired) electrons. The summed E-state index contributed by atoms with van der Waals surface area (Å²) < 4.78 is 5.62. The predicted molar refractivity (Wildman–Crippen MR) is 100 cm³/mol. The van der Waals surface area contributed by atoms with Crippen LogP contribution in [0.25, 0.3) is 0 Å². The Morgan fingerprint density at radius 3 is 1.96 bits per heavy atom. The van der Waals surface area contributed by atoms with Gasteiger partial charge in [-0.05, 0) is 54.4 Å². The molecule has 0 saturated heterocycles.